The number of carboxylic acid groups (broad SMARTS) is 1. The molecule has 1 aliphatic rings. The molecule has 204 valence electrons. The van der Waals surface area contributed by atoms with E-state index in [-0.39, 0.29) is 6.42 Å². The second-order valence-electron chi connectivity index (χ2n) is 9.08. The standard InChI is InChI=1S/C24H31N7O7/c25-19(32)9-17(30-21(34)15-6-3-7-27-15)23(36)29-16(22(35)31-18(24(37)38)10-20(26)33)8-12-11-28-14-5-2-1-4-13(12)14/h1-2,4-5,11,15-18,27-28H,3,6-10H2,(H2,25,32)(H2,26,33)(H,29,36)(H,30,34)(H,31,35)(H,37,38). The van der Waals surface area contributed by atoms with Crippen LogP contribution in [-0.4, -0.2) is 76.3 Å². The molecule has 10 N–H and O–H groups in total. The van der Waals surface area contributed by atoms with Crippen LogP contribution in [0.3, 0.4) is 0 Å². The highest BCUT2D eigenvalue weighted by Gasteiger charge is 2.33. The molecular formula is C24H31N7O7. The van der Waals surface area contributed by atoms with Gasteiger partial charge in [0, 0.05) is 23.5 Å². The zero-order valence-corrected chi connectivity index (χ0v) is 20.5. The lowest BCUT2D eigenvalue weighted by molar-refractivity contribution is -0.143. The number of hydrogen-bond acceptors (Lipinski definition) is 7. The van der Waals surface area contributed by atoms with Gasteiger partial charge in [-0.05, 0) is 31.0 Å². The molecule has 38 heavy (non-hydrogen) atoms. The summed E-state index contributed by atoms with van der Waals surface area (Å²) in [7, 11) is 0. The van der Waals surface area contributed by atoms with Crippen LogP contribution < -0.4 is 32.7 Å². The topological polar surface area (TPSA) is 239 Å². The number of aromatic nitrogens is 1. The Morgan fingerprint density at radius 2 is 1.55 bits per heavy atom. The number of amides is 5. The molecule has 1 aromatic carbocycles. The highest BCUT2D eigenvalue weighted by Crippen LogP contribution is 2.19. The minimum Gasteiger partial charge on any atom is -0.480 e. The molecule has 4 unspecified atom stereocenters. The normalized spacial score (nSPS) is 17.2. The third-order valence-corrected chi connectivity index (χ3v) is 6.17. The maximum absolute atomic E-state index is 13.2. The van der Waals surface area contributed by atoms with Crippen molar-refractivity contribution < 1.29 is 33.9 Å². The van der Waals surface area contributed by atoms with Gasteiger partial charge in [-0.2, -0.15) is 0 Å². The van der Waals surface area contributed by atoms with E-state index in [0.717, 1.165) is 17.3 Å². The Hall–Kier alpha value is -4.46. The molecule has 3 rings (SSSR count). The number of carboxylic acids is 1. The number of rotatable bonds is 13. The van der Waals surface area contributed by atoms with E-state index in [9.17, 15) is 33.9 Å². The van der Waals surface area contributed by atoms with Gasteiger partial charge in [-0.1, -0.05) is 18.2 Å². The maximum Gasteiger partial charge on any atom is 0.326 e. The molecule has 2 heterocycles. The minimum absolute atomic E-state index is 0.0775. The zero-order valence-electron chi connectivity index (χ0n) is 20.5. The predicted molar refractivity (Wildman–Crippen MR) is 134 cm³/mol. The summed E-state index contributed by atoms with van der Waals surface area (Å²) in [6.45, 7) is 0.633. The van der Waals surface area contributed by atoms with E-state index in [1.54, 1.807) is 18.3 Å². The summed E-state index contributed by atoms with van der Waals surface area (Å²) in [5, 5.41) is 20.4. The zero-order chi connectivity index (χ0) is 27.8. The van der Waals surface area contributed by atoms with Crippen LogP contribution in [0.2, 0.25) is 0 Å². The monoisotopic (exact) mass is 529 g/mol. The van der Waals surface area contributed by atoms with Crippen molar-refractivity contribution in [2.45, 2.75) is 56.3 Å². The first-order valence-corrected chi connectivity index (χ1v) is 12.0. The number of nitrogens with one attached hydrogen (secondary N) is 5. The van der Waals surface area contributed by atoms with E-state index in [1.165, 1.54) is 0 Å². The average Bonchev–Trinajstić information content (AvgIpc) is 3.53. The summed E-state index contributed by atoms with van der Waals surface area (Å²) >= 11 is 0. The van der Waals surface area contributed by atoms with Crippen molar-refractivity contribution in [2.24, 2.45) is 11.5 Å². The number of H-pyrrole nitrogens is 1. The number of primary amides is 2. The molecule has 14 nitrogen and oxygen atoms in total. The van der Waals surface area contributed by atoms with E-state index in [0.29, 0.717) is 18.5 Å². The van der Waals surface area contributed by atoms with Crippen molar-refractivity contribution in [2.75, 3.05) is 6.54 Å². The Morgan fingerprint density at radius 3 is 2.18 bits per heavy atom. The third-order valence-electron chi connectivity index (χ3n) is 6.17. The lowest BCUT2D eigenvalue weighted by Crippen LogP contribution is -2.58. The van der Waals surface area contributed by atoms with Gasteiger partial charge in [-0.25, -0.2) is 4.79 Å². The van der Waals surface area contributed by atoms with E-state index < -0.39 is 72.5 Å². The third kappa shape index (κ3) is 7.52. The molecule has 0 aliphatic carbocycles. The summed E-state index contributed by atoms with van der Waals surface area (Å²) in [6, 6.07) is 2.34. The van der Waals surface area contributed by atoms with Gasteiger partial charge in [0.05, 0.1) is 18.9 Å². The number of aliphatic carboxylic acids is 1. The molecule has 1 aliphatic heterocycles. The number of nitrogens with two attached hydrogens (primary N) is 2. The van der Waals surface area contributed by atoms with Crippen LogP contribution in [0.15, 0.2) is 30.5 Å². The molecule has 14 heteroatoms. The van der Waals surface area contributed by atoms with E-state index in [2.05, 4.69) is 26.3 Å². The Labute approximate surface area is 217 Å². The van der Waals surface area contributed by atoms with E-state index in [1.807, 2.05) is 12.1 Å². The van der Waals surface area contributed by atoms with E-state index in [4.69, 9.17) is 11.5 Å². The Balaban J connectivity index is 1.84. The Morgan fingerprint density at radius 1 is 0.921 bits per heavy atom. The average molecular weight is 530 g/mol. The van der Waals surface area contributed by atoms with Gasteiger partial charge in [0.25, 0.3) is 0 Å². The first kappa shape index (κ1) is 28.1. The number of benzene rings is 1. The van der Waals surface area contributed by atoms with Gasteiger partial charge < -0.3 is 42.8 Å². The minimum atomic E-state index is -1.63. The molecule has 1 aromatic heterocycles. The Kier molecular flexibility index (Phi) is 9.38. The fraction of sp³-hybridized carbons (Fsp3) is 0.417. The molecule has 0 bridgehead atoms. The van der Waals surface area contributed by atoms with Crippen molar-refractivity contribution in [3.05, 3.63) is 36.0 Å². The number of aromatic amines is 1. The van der Waals surface area contributed by atoms with Crippen molar-refractivity contribution in [1.29, 1.82) is 0 Å². The molecule has 0 radical (unpaired) electrons. The quantitative estimate of drug-likeness (QED) is 0.141. The first-order valence-electron chi connectivity index (χ1n) is 12.0. The first-order chi connectivity index (χ1) is 18.0. The molecule has 0 saturated carbocycles. The maximum atomic E-state index is 13.2. The van der Waals surface area contributed by atoms with Crippen molar-refractivity contribution in [3.63, 3.8) is 0 Å². The molecule has 5 amide bonds. The van der Waals surface area contributed by atoms with Gasteiger partial charge in [-0.15, -0.1) is 0 Å². The lowest BCUT2D eigenvalue weighted by Gasteiger charge is -2.24. The second-order valence-corrected chi connectivity index (χ2v) is 9.08. The van der Waals surface area contributed by atoms with Crippen LogP contribution in [-0.2, 0) is 35.2 Å². The SMILES string of the molecule is NC(=O)CC(NC(=O)C(Cc1c[nH]c2ccccc12)NC(=O)C(CC(N)=O)NC(=O)C1CCCN1)C(=O)O. The highest BCUT2D eigenvalue weighted by atomic mass is 16.4. The lowest BCUT2D eigenvalue weighted by atomic mass is 10.0. The Bertz CT molecular complexity index is 1220. The molecule has 1 fully saturated rings. The number of fused-ring (bicyclic) bond motifs is 1. The van der Waals surface area contributed by atoms with Gasteiger partial charge in [0.2, 0.25) is 29.5 Å². The van der Waals surface area contributed by atoms with Crippen LogP contribution >= 0.6 is 0 Å². The molecule has 2 aromatic rings. The van der Waals surface area contributed by atoms with Gasteiger partial charge in [-0.3, -0.25) is 24.0 Å². The fourth-order valence-electron chi connectivity index (χ4n) is 4.27. The van der Waals surface area contributed by atoms with Crippen LogP contribution in [0.5, 0.6) is 0 Å². The smallest absolute Gasteiger partial charge is 0.326 e. The molecule has 4 atom stereocenters. The summed E-state index contributed by atoms with van der Waals surface area (Å²) in [4.78, 5) is 76.5. The van der Waals surface area contributed by atoms with Gasteiger partial charge in [0.1, 0.15) is 18.1 Å². The molecule has 0 spiro atoms. The van der Waals surface area contributed by atoms with Gasteiger partial charge >= 0.3 is 5.97 Å². The summed E-state index contributed by atoms with van der Waals surface area (Å²) < 4.78 is 0. The number of hydrogen-bond donors (Lipinski definition) is 8. The summed E-state index contributed by atoms with van der Waals surface area (Å²) in [5.74, 6) is -5.54. The molecular weight excluding hydrogens is 498 g/mol. The van der Waals surface area contributed by atoms with Crippen molar-refractivity contribution in [3.8, 4) is 0 Å². The fourth-order valence-corrected chi connectivity index (χ4v) is 4.27. The number of carbonyl (C=O) groups is 6. The summed E-state index contributed by atoms with van der Waals surface area (Å²) in [6.07, 6.45) is 1.71. The van der Waals surface area contributed by atoms with E-state index >= 15 is 0 Å². The van der Waals surface area contributed by atoms with Crippen LogP contribution in [0.1, 0.15) is 31.2 Å². The van der Waals surface area contributed by atoms with Crippen molar-refractivity contribution in [1.82, 2.24) is 26.3 Å². The summed E-state index contributed by atoms with van der Waals surface area (Å²) in [5.41, 5.74) is 11.8. The number of carbonyl (C=O) groups excluding carboxylic acids is 5. The molecule has 1 saturated heterocycles. The van der Waals surface area contributed by atoms with Crippen LogP contribution in [0.25, 0.3) is 10.9 Å². The van der Waals surface area contributed by atoms with Crippen LogP contribution in [0, 0.1) is 0 Å². The second kappa shape index (κ2) is 12.7. The highest BCUT2D eigenvalue weighted by molar-refractivity contribution is 5.97. The van der Waals surface area contributed by atoms with Crippen molar-refractivity contribution >= 4 is 46.4 Å². The van der Waals surface area contributed by atoms with Gasteiger partial charge in [0.15, 0.2) is 0 Å². The largest absolute Gasteiger partial charge is 0.480 e. The number of para-hydroxylation sites is 1. The van der Waals surface area contributed by atoms with Crippen LogP contribution in [0.4, 0.5) is 0 Å². The predicted octanol–water partition coefficient (Wildman–Crippen LogP) is -2.25.